The van der Waals surface area contributed by atoms with Gasteiger partial charge in [0.2, 0.25) is 47.3 Å². The lowest BCUT2D eigenvalue weighted by Gasteiger charge is -2.29. The Morgan fingerprint density at radius 1 is 0.721 bits per heavy atom. The minimum absolute atomic E-state index is 0.0168. The van der Waals surface area contributed by atoms with Crippen LogP contribution < -0.4 is 69.8 Å². The minimum Gasteiger partial charge on any atom is -0.494 e. The van der Waals surface area contributed by atoms with Crippen LogP contribution in [0.2, 0.25) is 0 Å². The molecule has 12 atom stereocenters. The number of hydrogen-bond acceptors (Lipinski definition) is 21. The second-order valence-electron chi connectivity index (χ2n) is 20.0. The molecule has 6 unspecified atom stereocenters. The molecule has 1 aliphatic heterocycles. The van der Waals surface area contributed by atoms with Gasteiger partial charge in [-0.25, -0.2) is 9.59 Å². The molecule has 32 nitrogen and oxygen atoms in total. The highest BCUT2D eigenvalue weighted by molar-refractivity contribution is 6.18. The van der Waals surface area contributed by atoms with Gasteiger partial charge in [0.05, 0.1) is 43.6 Å². The number of unbranched alkanes of at least 4 members (excludes halogenated alkanes) is 3. The fraction of sp³-hybridized carbons (Fsp3) is 0.623. The summed E-state index contributed by atoms with van der Waals surface area (Å²) in [5.41, 5.74) is 17.2. The van der Waals surface area contributed by atoms with Gasteiger partial charge in [-0.2, -0.15) is 0 Å². The van der Waals surface area contributed by atoms with Gasteiger partial charge in [-0.1, -0.05) is 38.0 Å². The van der Waals surface area contributed by atoms with Crippen LogP contribution in [-0.4, -0.2) is 213 Å². The highest BCUT2D eigenvalue weighted by Gasteiger charge is 2.40. The summed E-state index contributed by atoms with van der Waals surface area (Å²) < 4.78 is 11.2. The lowest BCUT2D eigenvalue weighted by molar-refractivity contribution is -0.153. The maximum Gasteiger partial charge on any atom is 0.335 e. The van der Waals surface area contributed by atoms with E-state index in [2.05, 4.69) is 49.5 Å². The number of aryl methyl sites for hydroxylation is 1. The molecule has 0 aliphatic carbocycles. The molecule has 86 heavy (non-hydrogen) atoms. The monoisotopic (exact) mass is 1240 g/mol. The van der Waals surface area contributed by atoms with Crippen LogP contribution in [0.4, 0.5) is 0 Å². The van der Waals surface area contributed by atoms with Crippen LogP contribution in [0.25, 0.3) is 0 Å². The van der Waals surface area contributed by atoms with Gasteiger partial charge in [0.15, 0.2) is 12.1 Å². The first-order chi connectivity index (χ1) is 40.7. The van der Waals surface area contributed by atoms with Gasteiger partial charge in [-0.15, -0.1) is 11.6 Å². The Hall–Kier alpha value is -7.59. The fourth-order valence-electron chi connectivity index (χ4n) is 8.20. The van der Waals surface area contributed by atoms with E-state index in [1.807, 2.05) is 5.32 Å². The second kappa shape index (κ2) is 39.2. The van der Waals surface area contributed by atoms with Gasteiger partial charge in [-0.05, 0) is 103 Å². The lowest BCUT2D eigenvalue weighted by atomic mass is 10.0. The van der Waals surface area contributed by atoms with E-state index in [1.54, 1.807) is 24.3 Å². The first kappa shape index (κ1) is 74.5. The summed E-state index contributed by atoms with van der Waals surface area (Å²) in [5.74, 6) is -17.3. The molecule has 33 heteroatoms. The summed E-state index contributed by atoms with van der Waals surface area (Å²) in [7, 11) is 0. The number of aliphatic hydroxyl groups is 4. The molecule has 0 radical (unpaired) electrons. The van der Waals surface area contributed by atoms with Gasteiger partial charge in [-0.3, -0.25) is 47.9 Å². The van der Waals surface area contributed by atoms with E-state index >= 15 is 0 Å². The summed E-state index contributed by atoms with van der Waals surface area (Å²) >= 11 is 5.90. The molecule has 1 fully saturated rings. The molecule has 0 bridgehead atoms. The predicted octanol–water partition coefficient (Wildman–Crippen LogP) is -5.88. The van der Waals surface area contributed by atoms with Crippen molar-refractivity contribution in [2.75, 3.05) is 38.7 Å². The number of amides is 9. The normalized spacial score (nSPS) is 24.0. The maximum absolute atomic E-state index is 14.2. The Balaban J connectivity index is 2.77. The van der Waals surface area contributed by atoms with Crippen LogP contribution in [-0.2, 0) is 68.7 Å². The minimum atomic E-state index is -2.78. The standard InChI is InChI=1S/C53H83ClN12O20/c1-4-6-9-21-85-30-12-10-11-28(22-30)14-15-29(68)23-38(70)58-36-26-86-53(84)41(37(69)25-54)65-44(74)31(5-2)59-50(80)40(27(3)67)64-47(77)34(17-20-57)62-51(81)42(43(73)52(82)83)66-46(76)32(13-7-8-18-55)60-48(78)35(24-39(71)72)63-45(75)33(16-19-56)61-49(36)79/h5,10-12,22,27,29,32-37,40-43,67-69,73H,4,6-9,13-21,23-26,55-57H2,1-3H3,(H,58,70)(H,59,80)(H,60,78)(H,61,79)(H,62,81)(H,63,75)(H,64,77)(H,65,74)(H,66,76)(H,71,72)(H,82,83)/b31-5+/t27-,29-,32?,33?,34-,35-,36?,37+,40?,41?,42?,43-/m0/s1. The van der Waals surface area contributed by atoms with E-state index in [-0.39, 0.29) is 45.2 Å². The van der Waals surface area contributed by atoms with Crippen molar-refractivity contribution in [2.24, 2.45) is 17.2 Å². The number of benzene rings is 1. The summed E-state index contributed by atoms with van der Waals surface area (Å²) in [6, 6.07) is -9.06. The number of alkyl halides is 1. The fourth-order valence-corrected chi connectivity index (χ4v) is 8.38. The van der Waals surface area contributed by atoms with Gasteiger partial charge in [0, 0.05) is 0 Å². The second-order valence-corrected chi connectivity index (χ2v) is 20.3. The highest BCUT2D eigenvalue weighted by atomic mass is 35.5. The molecule has 1 aromatic carbocycles. The molecule has 482 valence electrons. The number of esters is 1. The van der Waals surface area contributed by atoms with Crippen molar-refractivity contribution < 1.29 is 97.6 Å². The Morgan fingerprint density at radius 2 is 1.30 bits per heavy atom. The van der Waals surface area contributed by atoms with Crippen LogP contribution >= 0.6 is 11.6 Å². The van der Waals surface area contributed by atoms with E-state index in [0.717, 1.165) is 37.8 Å². The number of halogens is 1. The number of hydrogen-bond donors (Lipinski definition) is 18. The Kier molecular flexibility index (Phi) is 33.9. The van der Waals surface area contributed by atoms with Crippen molar-refractivity contribution in [3.05, 3.63) is 41.6 Å². The van der Waals surface area contributed by atoms with Crippen LogP contribution in [0.3, 0.4) is 0 Å². The molecule has 2 rings (SSSR count). The molecule has 0 spiro atoms. The van der Waals surface area contributed by atoms with Crippen LogP contribution in [0.1, 0.15) is 97.0 Å². The topological polar surface area (TPSA) is 531 Å². The number of nitrogens with one attached hydrogen (secondary N) is 9. The molecule has 0 saturated carbocycles. The molecule has 1 heterocycles. The van der Waals surface area contributed by atoms with E-state index in [4.69, 9.17) is 38.3 Å². The first-order valence-electron chi connectivity index (χ1n) is 27.9. The molecular weight excluding hydrogens is 1160 g/mol. The third kappa shape index (κ3) is 25.9. The molecule has 1 saturated heterocycles. The number of carbonyl (C=O) groups excluding carboxylic acids is 10. The third-order valence-corrected chi connectivity index (χ3v) is 13.3. The Labute approximate surface area is 500 Å². The van der Waals surface area contributed by atoms with E-state index in [0.29, 0.717) is 12.4 Å². The predicted molar refractivity (Wildman–Crippen MR) is 303 cm³/mol. The molecular formula is C53H83ClN12O20. The number of nitrogens with two attached hydrogens (primary N) is 3. The summed E-state index contributed by atoms with van der Waals surface area (Å²) in [6.07, 6.45) is -6.73. The number of carbonyl (C=O) groups is 12. The number of carboxylic acids is 2. The van der Waals surface area contributed by atoms with Gasteiger partial charge >= 0.3 is 17.9 Å². The number of carboxylic acid groups (broad SMARTS) is 2. The number of rotatable bonds is 26. The summed E-state index contributed by atoms with van der Waals surface area (Å²) in [6.45, 7) is 2.92. The SMILES string of the molecule is C/C=C1/NC(=O)C([C@H](C)O)NC(=O)[C@H](CCN)NC(=O)C([C@H](O)C(=O)O)NC(=O)C(CCCCN)NC(=O)[C@H](CC(=O)O)NC(=O)C(CCN)NC(=O)C(NC(=O)C[C@@H](O)CCc2cccc(OCCCCC)c2)COC(=O)C([C@H](O)CCl)NC1=O. The number of aliphatic hydroxyl groups excluding tert-OH is 4. The van der Waals surface area contributed by atoms with Crippen molar-refractivity contribution in [1.82, 2.24) is 47.9 Å². The Morgan fingerprint density at radius 3 is 1.87 bits per heavy atom. The highest BCUT2D eigenvalue weighted by Crippen LogP contribution is 2.17. The van der Waals surface area contributed by atoms with E-state index in [1.165, 1.54) is 6.92 Å². The number of aliphatic carboxylic acids is 2. The van der Waals surface area contributed by atoms with Crippen LogP contribution in [0.5, 0.6) is 5.75 Å². The molecule has 21 N–H and O–H groups in total. The number of cyclic esters (lactones) is 1. The quantitative estimate of drug-likeness (QED) is 0.0178. The van der Waals surface area contributed by atoms with Crippen LogP contribution in [0.15, 0.2) is 36.0 Å². The van der Waals surface area contributed by atoms with Gasteiger partial charge in [0.25, 0.3) is 5.91 Å². The largest absolute Gasteiger partial charge is 0.494 e. The summed E-state index contributed by atoms with van der Waals surface area (Å²) in [4.78, 5) is 163. The van der Waals surface area contributed by atoms with Crippen molar-refractivity contribution in [2.45, 2.75) is 171 Å². The van der Waals surface area contributed by atoms with Gasteiger partial charge < -0.3 is 105 Å². The Bertz CT molecular complexity index is 2510. The van der Waals surface area contributed by atoms with Crippen LogP contribution in [0, 0.1) is 0 Å². The zero-order valence-corrected chi connectivity index (χ0v) is 48.8. The lowest BCUT2D eigenvalue weighted by Crippen LogP contribution is -2.63. The van der Waals surface area contributed by atoms with Crippen molar-refractivity contribution in [3.8, 4) is 5.75 Å². The van der Waals surface area contributed by atoms with Crippen molar-refractivity contribution in [3.63, 3.8) is 0 Å². The van der Waals surface area contributed by atoms with Crippen molar-refractivity contribution >= 4 is 82.7 Å². The summed E-state index contributed by atoms with van der Waals surface area (Å²) in [5, 5.41) is 82.4. The zero-order valence-electron chi connectivity index (χ0n) is 48.1. The maximum atomic E-state index is 14.2. The van der Waals surface area contributed by atoms with E-state index < -0.39 is 194 Å². The zero-order chi connectivity index (χ0) is 64.6. The average molecular weight is 1240 g/mol. The third-order valence-electron chi connectivity index (χ3n) is 13.0. The molecule has 9 amide bonds. The number of allylic oxidation sites excluding steroid dienone is 1. The number of ether oxygens (including phenoxy) is 2. The van der Waals surface area contributed by atoms with Gasteiger partial charge in [0.1, 0.15) is 60.3 Å². The van der Waals surface area contributed by atoms with Crippen molar-refractivity contribution in [1.29, 1.82) is 0 Å². The molecule has 1 aliphatic rings. The smallest absolute Gasteiger partial charge is 0.335 e. The van der Waals surface area contributed by atoms with E-state index in [9.17, 15) is 88.2 Å². The first-order valence-corrected chi connectivity index (χ1v) is 28.4. The molecule has 0 aromatic heterocycles. The molecule has 1 aromatic rings. The average Bonchev–Trinajstić information content (AvgIpc) is 2.64.